The fourth-order valence-electron chi connectivity index (χ4n) is 3.48. The summed E-state index contributed by atoms with van der Waals surface area (Å²) >= 11 is 12.1. The van der Waals surface area contributed by atoms with Crippen molar-refractivity contribution >= 4 is 42.1 Å². The number of carboxylic acids is 1. The van der Waals surface area contributed by atoms with Crippen molar-refractivity contribution in [3.63, 3.8) is 0 Å². The van der Waals surface area contributed by atoms with Gasteiger partial charge >= 0.3 is 13.1 Å². The molecular weight excluding hydrogens is 380 g/mol. The van der Waals surface area contributed by atoms with Crippen LogP contribution in [0.5, 0.6) is 0 Å². The highest BCUT2D eigenvalue weighted by molar-refractivity contribution is 6.40. The molecule has 1 unspecified atom stereocenters. The molecule has 0 saturated carbocycles. The molecule has 10 heteroatoms. The number of nitrogens with zero attached hydrogens (tertiary/aromatic N) is 2. The summed E-state index contributed by atoms with van der Waals surface area (Å²) in [6.07, 6.45) is 4.35. The number of carbonyl (C=O) groups is 1. The van der Waals surface area contributed by atoms with Crippen LogP contribution in [0.2, 0.25) is 16.4 Å². The van der Waals surface area contributed by atoms with Gasteiger partial charge < -0.3 is 25.8 Å². The lowest BCUT2D eigenvalue weighted by Crippen LogP contribution is -2.57. The first-order chi connectivity index (χ1) is 12.2. The van der Waals surface area contributed by atoms with E-state index in [0.29, 0.717) is 61.1 Å². The van der Waals surface area contributed by atoms with Gasteiger partial charge in [-0.3, -0.25) is 4.79 Å². The van der Waals surface area contributed by atoms with E-state index in [1.165, 1.54) is 6.20 Å². The van der Waals surface area contributed by atoms with Crippen LogP contribution in [-0.2, 0) is 4.79 Å². The maximum absolute atomic E-state index is 11.8. The Kier molecular flexibility index (Phi) is 7.55. The molecule has 1 aliphatic rings. The third-order valence-electron chi connectivity index (χ3n) is 5.01. The molecule has 0 aliphatic carbocycles. The van der Waals surface area contributed by atoms with Gasteiger partial charge in [0.15, 0.2) is 0 Å². The van der Waals surface area contributed by atoms with Crippen LogP contribution in [0.15, 0.2) is 12.3 Å². The van der Waals surface area contributed by atoms with Crippen LogP contribution in [0.1, 0.15) is 32.1 Å². The van der Waals surface area contributed by atoms with Gasteiger partial charge in [-0.05, 0) is 37.6 Å². The molecule has 26 heavy (non-hydrogen) atoms. The monoisotopic (exact) mass is 403 g/mol. The Morgan fingerprint density at radius 3 is 2.54 bits per heavy atom. The van der Waals surface area contributed by atoms with Gasteiger partial charge in [-0.2, -0.15) is 0 Å². The normalized spacial score (nSPS) is 17.8. The van der Waals surface area contributed by atoms with Crippen molar-refractivity contribution in [3.8, 4) is 0 Å². The Hall–Kier alpha value is -1.06. The average Bonchev–Trinajstić information content (AvgIpc) is 2.58. The second-order valence-corrected chi connectivity index (χ2v) is 7.64. The molecule has 1 fully saturated rings. The Balaban J connectivity index is 1.97. The summed E-state index contributed by atoms with van der Waals surface area (Å²) in [4.78, 5) is 18.1. The molecule has 1 aliphatic heterocycles. The van der Waals surface area contributed by atoms with Crippen LogP contribution < -0.4 is 10.6 Å². The molecule has 2 heterocycles. The molecule has 1 saturated heterocycles. The number of aliphatic carboxylic acids is 1. The van der Waals surface area contributed by atoms with Gasteiger partial charge in [0, 0.05) is 19.3 Å². The first-order valence-corrected chi connectivity index (χ1v) is 9.44. The number of halogens is 2. The molecule has 0 amide bonds. The van der Waals surface area contributed by atoms with Crippen molar-refractivity contribution in [1.82, 2.24) is 4.98 Å². The Morgan fingerprint density at radius 1 is 1.35 bits per heavy atom. The number of hydrogen-bond acceptors (Lipinski definition) is 6. The quantitative estimate of drug-likeness (QED) is 0.387. The lowest BCUT2D eigenvalue weighted by atomic mass is 9.74. The number of piperidine rings is 1. The molecule has 0 bridgehead atoms. The molecule has 5 N–H and O–H groups in total. The highest BCUT2D eigenvalue weighted by Crippen LogP contribution is 2.34. The van der Waals surface area contributed by atoms with E-state index in [1.54, 1.807) is 6.07 Å². The first-order valence-electron chi connectivity index (χ1n) is 8.68. The number of hydrogen-bond donors (Lipinski definition) is 4. The molecule has 0 radical (unpaired) electrons. The number of rotatable bonds is 8. The fraction of sp³-hybridized carbons (Fsp3) is 0.625. The van der Waals surface area contributed by atoms with Crippen molar-refractivity contribution in [2.45, 2.75) is 44.0 Å². The SMILES string of the molecule is NC(CCCCB(O)O)(C(=O)O)C1CCN(c2ncc(Cl)cc2Cl)CC1. The van der Waals surface area contributed by atoms with Crippen LogP contribution in [0.4, 0.5) is 5.82 Å². The van der Waals surface area contributed by atoms with Gasteiger partial charge in [-0.25, -0.2) is 4.98 Å². The third kappa shape index (κ3) is 5.23. The van der Waals surface area contributed by atoms with Crippen molar-refractivity contribution in [2.24, 2.45) is 11.7 Å². The van der Waals surface area contributed by atoms with E-state index < -0.39 is 18.6 Å². The topological polar surface area (TPSA) is 120 Å². The lowest BCUT2D eigenvalue weighted by molar-refractivity contribution is -0.146. The van der Waals surface area contributed by atoms with Crippen LogP contribution in [0, 0.1) is 5.92 Å². The molecule has 2 rings (SSSR count). The van der Waals surface area contributed by atoms with Crippen LogP contribution in [0.25, 0.3) is 0 Å². The Labute approximate surface area is 163 Å². The Bertz CT molecular complexity index is 630. The summed E-state index contributed by atoms with van der Waals surface area (Å²) < 4.78 is 0. The number of pyridine rings is 1. The average molecular weight is 404 g/mol. The van der Waals surface area contributed by atoms with E-state index in [1.807, 2.05) is 4.90 Å². The molecule has 1 aromatic rings. The molecule has 144 valence electrons. The second kappa shape index (κ2) is 9.24. The van der Waals surface area contributed by atoms with Crippen molar-refractivity contribution in [3.05, 3.63) is 22.3 Å². The van der Waals surface area contributed by atoms with Crippen LogP contribution >= 0.6 is 23.2 Å². The summed E-state index contributed by atoms with van der Waals surface area (Å²) in [6.45, 7) is 1.22. The van der Waals surface area contributed by atoms with E-state index >= 15 is 0 Å². The highest BCUT2D eigenvalue weighted by Gasteiger charge is 2.43. The third-order valence-corrected chi connectivity index (χ3v) is 5.50. The molecule has 0 aromatic carbocycles. The van der Waals surface area contributed by atoms with Crippen molar-refractivity contribution < 1.29 is 19.9 Å². The number of aromatic nitrogens is 1. The first kappa shape index (κ1) is 21.2. The van der Waals surface area contributed by atoms with E-state index in [4.69, 9.17) is 39.0 Å². The minimum absolute atomic E-state index is 0.165. The maximum Gasteiger partial charge on any atom is 0.451 e. The van der Waals surface area contributed by atoms with E-state index in [0.717, 1.165) is 0 Å². The number of unbranched alkanes of at least 4 members (excludes halogenated alkanes) is 1. The van der Waals surface area contributed by atoms with Crippen LogP contribution in [0.3, 0.4) is 0 Å². The number of nitrogens with two attached hydrogens (primary N) is 1. The van der Waals surface area contributed by atoms with Gasteiger partial charge in [0.25, 0.3) is 0 Å². The van der Waals surface area contributed by atoms with Gasteiger partial charge in [-0.15, -0.1) is 0 Å². The summed E-state index contributed by atoms with van der Waals surface area (Å²) in [5.74, 6) is -0.533. The van der Waals surface area contributed by atoms with E-state index in [2.05, 4.69) is 4.98 Å². The molecule has 0 spiro atoms. The standard InChI is InChI=1S/C16H24BCl2N3O4/c18-12-9-13(19)14(21-10-12)22-7-3-11(4-8-22)16(20,15(23)24)5-1-2-6-17(25)26/h9-11,25-26H,1-8,20H2,(H,23,24). The van der Waals surface area contributed by atoms with Crippen LogP contribution in [-0.4, -0.2) is 51.9 Å². The van der Waals surface area contributed by atoms with Crippen molar-refractivity contribution in [1.29, 1.82) is 0 Å². The largest absolute Gasteiger partial charge is 0.480 e. The summed E-state index contributed by atoms with van der Waals surface area (Å²) in [6, 6.07) is 1.64. The summed E-state index contributed by atoms with van der Waals surface area (Å²) in [5, 5.41) is 28.4. The maximum atomic E-state index is 11.8. The van der Waals surface area contributed by atoms with Gasteiger partial charge in [0.2, 0.25) is 0 Å². The summed E-state index contributed by atoms with van der Waals surface area (Å²) in [7, 11) is -1.37. The fourth-order valence-corrected chi connectivity index (χ4v) is 3.98. The predicted molar refractivity (Wildman–Crippen MR) is 103 cm³/mol. The zero-order valence-corrected chi connectivity index (χ0v) is 16.0. The van der Waals surface area contributed by atoms with Crippen molar-refractivity contribution in [2.75, 3.05) is 18.0 Å². The second-order valence-electron chi connectivity index (χ2n) is 6.79. The predicted octanol–water partition coefficient (Wildman–Crippen LogP) is 2.03. The smallest absolute Gasteiger partial charge is 0.451 e. The Morgan fingerprint density at radius 2 is 2.00 bits per heavy atom. The minimum Gasteiger partial charge on any atom is -0.480 e. The molecular formula is C16H24BCl2N3O4. The zero-order chi connectivity index (χ0) is 19.3. The van der Waals surface area contributed by atoms with Gasteiger partial charge in [-0.1, -0.05) is 36.0 Å². The minimum atomic E-state index is -1.37. The number of anilines is 1. The van der Waals surface area contributed by atoms with E-state index in [-0.39, 0.29) is 12.2 Å². The van der Waals surface area contributed by atoms with Gasteiger partial charge in [0.05, 0.1) is 10.0 Å². The van der Waals surface area contributed by atoms with Gasteiger partial charge in [0.1, 0.15) is 11.4 Å². The summed E-state index contributed by atoms with van der Waals surface area (Å²) in [5.41, 5.74) is 4.95. The molecule has 1 aromatic heterocycles. The molecule has 1 atom stereocenters. The number of carboxylic acid groups (broad SMARTS) is 1. The molecule has 7 nitrogen and oxygen atoms in total. The lowest BCUT2D eigenvalue weighted by Gasteiger charge is -2.40. The zero-order valence-electron chi connectivity index (χ0n) is 14.4. The highest BCUT2D eigenvalue weighted by atomic mass is 35.5. The van der Waals surface area contributed by atoms with E-state index in [9.17, 15) is 9.90 Å².